The summed E-state index contributed by atoms with van der Waals surface area (Å²) in [5.74, 6) is 1.48. The Hall–Kier alpha value is -1.77. The van der Waals surface area contributed by atoms with Crippen molar-refractivity contribution < 1.29 is 9.47 Å². The molecule has 0 radical (unpaired) electrons. The molecular formula is C14H19NO2. The van der Waals surface area contributed by atoms with Crippen molar-refractivity contribution in [2.24, 2.45) is 0 Å². The molecule has 0 aliphatic heterocycles. The Morgan fingerprint density at radius 3 is 2.18 bits per heavy atom. The average Bonchev–Trinajstić information content (AvgIpc) is 2.40. The van der Waals surface area contributed by atoms with E-state index in [1.807, 2.05) is 39.0 Å². The first kappa shape index (κ1) is 13.3. The minimum Gasteiger partial charge on any atom is -0.493 e. The van der Waals surface area contributed by atoms with Crippen LogP contribution in [0.3, 0.4) is 0 Å². The van der Waals surface area contributed by atoms with Crippen LogP contribution in [0.4, 0.5) is 0 Å². The van der Waals surface area contributed by atoms with Crippen molar-refractivity contribution >= 4 is 10.8 Å². The summed E-state index contributed by atoms with van der Waals surface area (Å²) in [6.07, 6.45) is 1.80. The lowest BCUT2D eigenvalue weighted by molar-refractivity contribution is 0.356. The predicted molar refractivity (Wildman–Crippen MR) is 70.9 cm³/mol. The third kappa shape index (κ3) is 2.67. The van der Waals surface area contributed by atoms with Gasteiger partial charge in [0.05, 0.1) is 14.2 Å². The van der Waals surface area contributed by atoms with Gasteiger partial charge in [-0.3, -0.25) is 4.98 Å². The van der Waals surface area contributed by atoms with Gasteiger partial charge in [-0.15, -0.1) is 0 Å². The number of fused-ring (bicyclic) bond motifs is 1. The zero-order valence-corrected chi connectivity index (χ0v) is 11.1. The number of hydrogen-bond acceptors (Lipinski definition) is 3. The zero-order chi connectivity index (χ0) is 12.8. The summed E-state index contributed by atoms with van der Waals surface area (Å²) in [6, 6.07) is 5.88. The summed E-state index contributed by atoms with van der Waals surface area (Å²) < 4.78 is 10.5. The van der Waals surface area contributed by atoms with Crippen LogP contribution in [0.2, 0.25) is 0 Å². The monoisotopic (exact) mass is 233 g/mol. The Balaban J connectivity index is 0.000000686. The maximum atomic E-state index is 5.25. The fraction of sp³-hybridized carbons (Fsp3) is 0.357. The van der Waals surface area contributed by atoms with Gasteiger partial charge in [0, 0.05) is 17.3 Å². The SMILES string of the molecule is CC.COc1cc2ccnc(C)c2cc1OC. The molecule has 2 aromatic rings. The molecule has 0 amide bonds. The summed E-state index contributed by atoms with van der Waals surface area (Å²) in [6.45, 7) is 5.98. The van der Waals surface area contributed by atoms with E-state index in [9.17, 15) is 0 Å². The van der Waals surface area contributed by atoms with Gasteiger partial charge < -0.3 is 9.47 Å². The number of hydrogen-bond donors (Lipinski definition) is 0. The third-order valence-corrected chi connectivity index (χ3v) is 2.47. The number of aryl methyl sites for hydroxylation is 1. The molecule has 0 saturated carbocycles. The molecule has 0 atom stereocenters. The molecule has 1 aromatic heterocycles. The summed E-state index contributed by atoms with van der Waals surface area (Å²) in [5, 5.41) is 2.20. The molecular weight excluding hydrogens is 214 g/mol. The van der Waals surface area contributed by atoms with E-state index in [0.29, 0.717) is 0 Å². The number of benzene rings is 1. The Labute approximate surface area is 102 Å². The minimum absolute atomic E-state index is 0.737. The highest BCUT2D eigenvalue weighted by atomic mass is 16.5. The smallest absolute Gasteiger partial charge is 0.161 e. The number of ether oxygens (including phenoxy) is 2. The quantitative estimate of drug-likeness (QED) is 0.794. The molecule has 0 aliphatic rings. The first-order valence-corrected chi connectivity index (χ1v) is 5.73. The average molecular weight is 233 g/mol. The van der Waals surface area contributed by atoms with E-state index in [4.69, 9.17) is 9.47 Å². The number of methoxy groups -OCH3 is 2. The van der Waals surface area contributed by atoms with Gasteiger partial charge in [0.2, 0.25) is 0 Å². The van der Waals surface area contributed by atoms with E-state index in [-0.39, 0.29) is 0 Å². The topological polar surface area (TPSA) is 31.4 Å². The number of pyridine rings is 1. The molecule has 1 aromatic carbocycles. The molecule has 0 fully saturated rings. The van der Waals surface area contributed by atoms with Crippen molar-refractivity contribution in [3.8, 4) is 11.5 Å². The number of aromatic nitrogens is 1. The molecule has 0 unspecified atom stereocenters. The van der Waals surface area contributed by atoms with Crippen molar-refractivity contribution in [3.63, 3.8) is 0 Å². The van der Waals surface area contributed by atoms with E-state index in [2.05, 4.69) is 4.98 Å². The molecule has 17 heavy (non-hydrogen) atoms. The Kier molecular flexibility index (Phi) is 4.76. The molecule has 3 heteroatoms. The van der Waals surface area contributed by atoms with Gasteiger partial charge in [-0.05, 0) is 30.5 Å². The second-order valence-corrected chi connectivity index (χ2v) is 3.32. The zero-order valence-electron chi connectivity index (χ0n) is 11.1. The highest BCUT2D eigenvalue weighted by Crippen LogP contribution is 2.32. The molecule has 2 rings (SSSR count). The van der Waals surface area contributed by atoms with Crippen molar-refractivity contribution in [1.29, 1.82) is 0 Å². The Bertz CT molecular complexity index is 495. The summed E-state index contributed by atoms with van der Waals surface area (Å²) in [5.41, 5.74) is 0.994. The summed E-state index contributed by atoms with van der Waals surface area (Å²) >= 11 is 0. The molecule has 3 nitrogen and oxygen atoms in total. The van der Waals surface area contributed by atoms with Gasteiger partial charge in [-0.25, -0.2) is 0 Å². The van der Waals surface area contributed by atoms with E-state index in [1.54, 1.807) is 20.4 Å². The van der Waals surface area contributed by atoms with E-state index >= 15 is 0 Å². The van der Waals surface area contributed by atoms with Crippen LogP contribution in [0.25, 0.3) is 10.8 Å². The van der Waals surface area contributed by atoms with Crippen LogP contribution in [0.15, 0.2) is 24.4 Å². The Morgan fingerprint density at radius 1 is 1.00 bits per heavy atom. The molecule has 0 N–H and O–H groups in total. The van der Waals surface area contributed by atoms with Gasteiger partial charge in [0.15, 0.2) is 11.5 Å². The fourth-order valence-electron chi connectivity index (χ4n) is 1.64. The van der Waals surface area contributed by atoms with Crippen LogP contribution in [0.5, 0.6) is 11.5 Å². The van der Waals surface area contributed by atoms with Crippen LogP contribution >= 0.6 is 0 Å². The number of rotatable bonds is 2. The predicted octanol–water partition coefficient (Wildman–Crippen LogP) is 3.59. The van der Waals surface area contributed by atoms with E-state index in [0.717, 1.165) is 28.0 Å². The fourth-order valence-corrected chi connectivity index (χ4v) is 1.64. The van der Waals surface area contributed by atoms with Crippen molar-refractivity contribution in [2.45, 2.75) is 20.8 Å². The maximum Gasteiger partial charge on any atom is 0.161 e. The van der Waals surface area contributed by atoms with Crippen molar-refractivity contribution in [3.05, 3.63) is 30.1 Å². The van der Waals surface area contributed by atoms with Crippen molar-refractivity contribution in [1.82, 2.24) is 4.98 Å². The van der Waals surface area contributed by atoms with Crippen molar-refractivity contribution in [2.75, 3.05) is 14.2 Å². The molecule has 0 saturated heterocycles. The second kappa shape index (κ2) is 6.09. The standard InChI is InChI=1S/C12H13NO2.C2H6/c1-8-10-7-12(15-3)11(14-2)6-9(10)4-5-13-8;1-2/h4-7H,1-3H3;1-2H3. The van der Waals surface area contributed by atoms with Gasteiger partial charge in [-0.1, -0.05) is 13.8 Å². The van der Waals surface area contributed by atoms with E-state index < -0.39 is 0 Å². The van der Waals surface area contributed by atoms with Gasteiger partial charge >= 0.3 is 0 Å². The molecule has 0 spiro atoms. The first-order chi connectivity index (χ1) is 8.26. The van der Waals surface area contributed by atoms with Gasteiger partial charge in [-0.2, -0.15) is 0 Å². The number of nitrogens with zero attached hydrogens (tertiary/aromatic N) is 1. The lowest BCUT2D eigenvalue weighted by Gasteiger charge is -2.09. The van der Waals surface area contributed by atoms with E-state index in [1.165, 1.54) is 0 Å². The maximum absolute atomic E-state index is 5.25. The minimum atomic E-state index is 0.737. The second-order valence-electron chi connectivity index (χ2n) is 3.32. The largest absolute Gasteiger partial charge is 0.493 e. The summed E-state index contributed by atoms with van der Waals surface area (Å²) in [7, 11) is 3.27. The van der Waals surface area contributed by atoms with Crippen LogP contribution in [-0.2, 0) is 0 Å². The highest BCUT2D eigenvalue weighted by Gasteiger charge is 2.07. The lowest BCUT2D eigenvalue weighted by atomic mass is 10.1. The Morgan fingerprint density at radius 2 is 1.59 bits per heavy atom. The van der Waals surface area contributed by atoms with Gasteiger partial charge in [0.25, 0.3) is 0 Å². The molecule has 0 aliphatic carbocycles. The van der Waals surface area contributed by atoms with Crippen LogP contribution in [0.1, 0.15) is 19.5 Å². The third-order valence-electron chi connectivity index (χ3n) is 2.47. The molecule has 0 bridgehead atoms. The first-order valence-electron chi connectivity index (χ1n) is 5.73. The summed E-state index contributed by atoms with van der Waals surface area (Å²) in [4.78, 5) is 4.24. The highest BCUT2D eigenvalue weighted by molar-refractivity contribution is 5.87. The van der Waals surface area contributed by atoms with Crippen LogP contribution in [0, 0.1) is 6.92 Å². The van der Waals surface area contributed by atoms with Crippen LogP contribution in [-0.4, -0.2) is 19.2 Å². The van der Waals surface area contributed by atoms with Gasteiger partial charge in [0.1, 0.15) is 0 Å². The molecule has 1 heterocycles. The van der Waals surface area contributed by atoms with Crippen LogP contribution < -0.4 is 9.47 Å². The normalized spacial score (nSPS) is 9.47. The lowest BCUT2D eigenvalue weighted by Crippen LogP contribution is -1.92. The molecule has 92 valence electrons.